The van der Waals surface area contributed by atoms with Gasteiger partial charge in [0.25, 0.3) is 0 Å². The number of rotatable bonds is 4. The normalized spacial score (nSPS) is 22.7. The van der Waals surface area contributed by atoms with Crippen molar-refractivity contribution in [1.29, 1.82) is 5.26 Å². The Balaban J connectivity index is 1.86. The van der Waals surface area contributed by atoms with Crippen molar-refractivity contribution >= 4 is 5.69 Å². The molecular weight excluding hydrogens is 258 g/mol. The Morgan fingerprint density at radius 1 is 1.24 bits per heavy atom. The van der Waals surface area contributed by atoms with E-state index in [1.807, 2.05) is 7.05 Å². The third-order valence-electron chi connectivity index (χ3n) is 5.11. The number of benzene rings is 1. The zero-order valence-electron chi connectivity index (χ0n) is 12.9. The summed E-state index contributed by atoms with van der Waals surface area (Å²) < 4.78 is 0. The van der Waals surface area contributed by atoms with Crippen LogP contribution in [0.15, 0.2) is 18.2 Å². The molecule has 1 saturated heterocycles. The van der Waals surface area contributed by atoms with Crippen LogP contribution in [0.3, 0.4) is 0 Å². The second-order valence-electron chi connectivity index (χ2n) is 6.44. The molecule has 1 aliphatic heterocycles. The Morgan fingerprint density at radius 2 is 2.05 bits per heavy atom. The minimum absolute atomic E-state index is 0.662. The molecule has 2 fully saturated rings. The lowest BCUT2D eigenvalue weighted by atomic mass is 9.95. The second-order valence-corrected chi connectivity index (χ2v) is 6.44. The van der Waals surface area contributed by atoms with Crippen molar-refractivity contribution < 1.29 is 0 Å². The molecule has 1 aromatic carbocycles. The van der Waals surface area contributed by atoms with Gasteiger partial charge in [-0.3, -0.25) is 0 Å². The molecule has 0 spiro atoms. The van der Waals surface area contributed by atoms with Crippen LogP contribution in [0.5, 0.6) is 0 Å². The molecule has 1 aromatic rings. The van der Waals surface area contributed by atoms with E-state index in [0.29, 0.717) is 6.04 Å². The van der Waals surface area contributed by atoms with Gasteiger partial charge in [-0.25, -0.2) is 0 Å². The van der Waals surface area contributed by atoms with E-state index in [2.05, 4.69) is 34.5 Å². The van der Waals surface area contributed by atoms with Crippen LogP contribution >= 0.6 is 0 Å². The van der Waals surface area contributed by atoms with Gasteiger partial charge < -0.3 is 10.2 Å². The predicted octanol–water partition coefficient (Wildman–Crippen LogP) is 3.44. The minimum Gasteiger partial charge on any atom is -0.367 e. The van der Waals surface area contributed by atoms with Crippen molar-refractivity contribution in [2.45, 2.75) is 51.1 Å². The topological polar surface area (TPSA) is 39.1 Å². The Labute approximate surface area is 128 Å². The van der Waals surface area contributed by atoms with Gasteiger partial charge in [0.1, 0.15) is 6.07 Å². The van der Waals surface area contributed by atoms with Gasteiger partial charge in [-0.05, 0) is 56.3 Å². The number of nitrogens with zero attached hydrogens (tertiary/aromatic N) is 2. The van der Waals surface area contributed by atoms with E-state index in [4.69, 9.17) is 0 Å². The van der Waals surface area contributed by atoms with Crippen LogP contribution in [-0.4, -0.2) is 19.6 Å². The van der Waals surface area contributed by atoms with Crippen LogP contribution in [0.25, 0.3) is 0 Å². The van der Waals surface area contributed by atoms with E-state index < -0.39 is 0 Å². The van der Waals surface area contributed by atoms with Crippen molar-refractivity contribution in [2.75, 3.05) is 18.5 Å². The van der Waals surface area contributed by atoms with Gasteiger partial charge in [0.05, 0.1) is 11.3 Å². The van der Waals surface area contributed by atoms with Crippen molar-refractivity contribution in [3.63, 3.8) is 0 Å². The average molecular weight is 283 g/mol. The number of nitrogens with one attached hydrogen (secondary N) is 1. The summed E-state index contributed by atoms with van der Waals surface area (Å²) >= 11 is 0. The summed E-state index contributed by atoms with van der Waals surface area (Å²) in [5.41, 5.74) is 3.19. The molecule has 1 unspecified atom stereocenters. The summed E-state index contributed by atoms with van der Waals surface area (Å²) in [6.45, 7) is 1.93. The molecular formula is C18H25N3. The SMILES string of the molecule is CNCc1ccc(N2CCCC2C2CCCC2)c(C#N)c1. The van der Waals surface area contributed by atoms with Gasteiger partial charge in [-0.1, -0.05) is 18.9 Å². The molecule has 0 aromatic heterocycles. The first-order valence-corrected chi connectivity index (χ1v) is 8.27. The monoisotopic (exact) mass is 283 g/mol. The summed E-state index contributed by atoms with van der Waals surface area (Å²) in [7, 11) is 1.94. The largest absolute Gasteiger partial charge is 0.367 e. The van der Waals surface area contributed by atoms with Crippen LogP contribution in [0.4, 0.5) is 5.69 Å². The summed E-state index contributed by atoms with van der Waals surface area (Å²) in [4.78, 5) is 2.53. The first kappa shape index (κ1) is 14.4. The Kier molecular flexibility index (Phi) is 4.45. The molecule has 1 heterocycles. The molecule has 21 heavy (non-hydrogen) atoms. The standard InChI is InChI=1S/C18H25N3/c1-20-13-14-8-9-18(16(11-14)12-19)21-10-4-7-17(21)15-5-2-3-6-15/h8-9,11,15,17,20H,2-7,10,13H2,1H3. The predicted molar refractivity (Wildman–Crippen MR) is 86.2 cm³/mol. The van der Waals surface area contributed by atoms with Crippen LogP contribution < -0.4 is 10.2 Å². The number of nitriles is 1. The third kappa shape index (κ3) is 2.91. The van der Waals surface area contributed by atoms with Gasteiger partial charge in [0.2, 0.25) is 0 Å². The van der Waals surface area contributed by atoms with Crippen molar-refractivity contribution in [3.05, 3.63) is 29.3 Å². The van der Waals surface area contributed by atoms with Gasteiger partial charge >= 0.3 is 0 Å². The molecule has 1 atom stereocenters. The van der Waals surface area contributed by atoms with Crippen LogP contribution in [-0.2, 0) is 6.54 Å². The fourth-order valence-electron chi connectivity index (χ4n) is 4.16. The Hall–Kier alpha value is -1.53. The lowest BCUT2D eigenvalue weighted by Gasteiger charge is -2.32. The zero-order valence-corrected chi connectivity index (χ0v) is 12.9. The van der Waals surface area contributed by atoms with Crippen LogP contribution in [0.1, 0.15) is 49.7 Å². The van der Waals surface area contributed by atoms with Crippen molar-refractivity contribution in [2.24, 2.45) is 5.92 Å². The Morgan fingerprint density at radius 3 is 2.76 bits per heavy atom. The molecule has 0 amide bonds. The van der Waals surface area contributed by atoms with Gasteiger partial charge in [-0.2, -0.15) is 5.26 Å². The molecule has 1 saturated carbocycles. The quantitative estimate of drug-likeness (QED) is 0.920. The highest BCUT2D eigenvalue weighted by Crippen LogP contribution is 2.38. The second kappa shape index (κ2) is 6.49. The number of anilines is 1. The van der Waals surface area contributed by atoms with Crippen LogP contribution in [0, 0.1) is 17.2 Å². The summed E-state index contributed by atoms with van der Waals surface area (Å²) in [5, 5.41) is 12.7. The highest BCUT2D eigenvalue weighted by atomic mass is 15.2. The highest BCUT2D eigenvalue weighted by Gasteiger charge is 2.34. The first-order valence-electron chi connectivity index (χ1n) is 8.27. The van der Waals surface area contributed by atoms with E-state index >= 15 is 0 Å². The molecule has 3 heteroatoms. The van der Waals surface area contributed by atoms with Gasteiger partial charge in [-0.15, -0.1) is 0 Å². The maximum Gasteiger partial charge on any atom is 0.101 e. The lowest BCUT2D eigenvalue weighted by molar-refractivity contribution is 0.430. The molecule has 1 N–H and O–H groups in total. The highest BCUT2D eigenvalue weighted by molar-refractivity contribution is 5.61. The summed E-state index contributed by atoms with van der Waals surface area (Å²) in [6.07, 6.45) is 8.10. The Bertz CT molecular complexity index is 526. The maximum atomic E-state index is 9.53. The van der Waals surface area contributed by atoms with Crippen LogP contribution in [0.2, 0.25) is 0 Å². The molecule has 3 nitrogen and oxygen atoms in total. The fourth-order valence-corrected chi connectivity index (χ4v) is 4.16. The molecule has 0 radical (unpaired) electrons. The first-order chi connectivity index (χ1) is 10.3. The summed E-state index contributed by atoms with van der Waals surface area (Å²) in [6, 6.07) is 9.45. The van der Waals surface area contributed by atoms with E-state index in [0.717, 1.165) is 30.3 Å². The van der Waals surface area contributed by atoms with E-state index in [-0.39, 0.29) is 0 Å². The maximum absolute atomic E-state index is 9.53. The van der Waals surface area contributed by atoms with Crippen molar-refractivity contribution in [1.82, 2.24) is 5.32 Å². The molecule has 1 aliphatic carbocycles. The molecule has 3 rings (SSSR count). The van der Waals surface area contributed by atoms with E-state index in [1.165, 1.54) is 44.1 Å². The van der Waals surface area contributed by atoms with Gasteiger partial charge in [0, 0.05) is 19.1 Å². The molecule has 0 bridgehead atoms. The van der Waals surface area contributed by atoms with E-state index in [9.17, 15) is 5.26 Å². The molecule has 112 valence electrons. The minimum atomic E-state index is 0.662. The average Bonchev–Trinajstić information content (AvgIpc) is 3.18. The fraction of sp³-hybridized carbons (Fsp3) is 0.611. The number of hydrogen-bond donors (Lipinski definition) is 1. The zero-order chi connectivity index (χ0) is 14.7. The lowest BCUT2D eigenvalue weighted by Crippen LogP contribution is -2.35. The molecule has 2 aliphatic rings. The number of hydrogen-bond acceptors (Lipinski definition) is 3. The van der Waals surface area contributed by atoms with Crippen molar-refractivity contribution in [3.8, 4) is 6.07 Å². The smallest absolute Gasteiger partial charge is 0.101 e. The summed E-state index contributed by atoms with van der Waals surface area (Å²) in [5.74, 6) is 0.844. The third-order valence-corrected chi connectivity index (χ3v) is 5.11. The van der Waals surface area contributed by atoms with E-state index in [1.54, 1.807) is 0 Å². The van der Waals surface area contributed by atoms with Gasteiger partial charge in [0.15, 0.2) is 0 Å².